The maximum atomic E-state index is 10.7. The van der Waals surface area contributed by atoms with Crippen LogP contribution < -0.4 is 0 Å². The molecule has 2 rings (SSSR count). The van der Waals surface area contributed by atoms with Crippen molar-refractivity contribution in [3.8, 4) is 0 Å². The van der Waals surface area contributed by atoms with E-state index in [4.69, 9.17) is 11.6 Å². The Kier molecular flexibility index (Phi) is 2.60. The molecule has 0 spiro atoms. The van der Waals surface area contributed by atoms with Crippen molar-refractivity contribution in [3.05, 3.63) is 34.3 Å². The summed E-state index contributed by atoms with van der Waals surface area (Å²) in [7, 11) is 0. The minimum absolute atomic E-state index is 0.123. The zero-order chi connectivity index (χ0) is 10.1. The van der Waals surface area contributed by atoms with Crippen molar-refractivity contribution in [2.45, 2.75) is 25.7 Å². The molecule has 1 aliphatic rings. The lowest BCUT2D eigenvalue weighted by molar-refractivity contribution is -0.111. The maximum absolute atomic E-state index is 10.7. The van der Waals surface area contributed by atoms with Crippen LogP contribution in [-0.2, 0) is 11.2 Å². The molecule has 2 unspecified atom stereocenters. The van der Waals surface area contributed by atoms with Crippen molar-refractivity contribution in [3.63, 3.8) is 0 Å². The summed E-state index contributed by atoms with van der Waals surface area (Å²) >= 11 is 5.91. The highest BCUT2D eigenvalue weighted by molar-refractivity contribution is 6.30. The van der Waals surface area contributed by atoms with Crippen molar-refractivity contribution < 1.29 is 4.79 Å². The molecular weight excluding hydrogens is 196 g/mol. The highest BCUT2D eigenvalue weighted by Gasteiger charge is 2.26. The molecule has 0 heterocycles. The topological polar surface area (TPSA) is 17.1 Å². The van der Waals surface area contributed by atoms with Gasteiger partial charge in [0.1, 0.15) is 6.29 Å². The molecule has 0 amide bonds. The van der Waals surface area contributed by atoms with E-state index >= 15 is 0 Å². The fourth-order valence-electron chi connectivity index (χ4n) is 2.26. The fraction of sp³-hybridized carbons (Fsp3) is 0.417. The van der Waals surface area contributed by atoms with E-state index in [1.54, 1.807) is 0 Å². The first-order valence-electron chi connectivity index (χ1n) is 4.96. The van der Waals surface area contributed by atoms with Crippen molar-refractivity contribution >= 4 is 17.9 Å². The van der Waals surface area contributed by atoms with Crippen LogP contribution in [0.1, 0.15) is 30.4 Å². The first-order valence-corrected chi connectivity index (χ1v) is 5.34. The number of halogens is 1. The molecule has 0 N–H and O–H groups in total. The highest BCUT2D eigenvalue weighted by Crippen LogP contribution is 2.38. The van der Waals surface area contributed by atoms with E-state index in [0.29, 0.717) is 5.92 Å². The first-order chi connectivity index (χ1) is 6.72. The summed E-state index contributed by atoms with van der Waals surface area (Å²) in [4.78, 5) is 10.7. The number of benzene rings is 1. The Hall–Kier alpha value is -0.820. The number of fused-ring (bicyclic) bond motifs is 1. The molecule has 1 aliphatic carbocycles. The third-order valence-corrected chi connectivity index (χ3v) is 3.31. The molecule has 14 heavy (non-hydrogen) atoms. The Bertz CT molecular complexity index is 359. The molecule has 0 radical (unpaired) electrons. The Labute approximate surface area is 89.1 Å². The van der Waals surface area contributed by atoms with E-state index in [0.717, 1.165) is 24.2 Å². The second-order valence-corrected chi connectivity index (χ2v) is 4.42. The van der Waals surface area contributed by atoms with Gasteiger partial charge in [0, 0.05) is 10.9 Å². The monoisotopic (exact) mass is 208 g/mol. The normalized spacial score (nSPS) is 21.7. The first kappa shape index (κ1) is 9.72. The molecule has 74 valence electrons. The molecule has 1 aromatic rings. The predicted octanol–water partition coefficient (Wildman–Crippen LogP) is 3.20. The van der Waals surface area contributed by atoms with Gasteiger partial charge in [0.25, 0.3) is 0 Å². The Morgan fingerprint density at radius 1 is 1.57 bits per heavy atom. The molecule has 0 aromatic heterocycles. The molecule has 0 fully saturated rings. The standard InChI is InChI=1S/C12H13ClO/c1-8(7-14)11-4-2-9-6-10(13)3-5-12(9)11/h3,5-8,11H,2,4H2,1H3. The Morgan fingerprint density at radius 2 is 2.36 bits per heavy atom. The summed E-state index contributed by atoms with van der Waals surface area (Å²) in [5.41, 5.74) is 2.63. The van der Waals surface area contributed by atoms with Crippen LogP contribution >= 0.6 is 11.6 Å². The maximum Gasteiger partial charge on any atom is 0.123 e. The Balaban J connectivity index is 2.35. The molecule has 0 aliphatic heterocycles. The van der Waals surface area contributed by atoms with Crippen molar-refractivity contribution in [2.24, 2.45) is 5.92 Å². The second kappa shape index (κ2) is 3.74. The summed E-state index contributed by atoms with van der Waals surface area (Å²) in [5, 5.41) is 0.795. The van der Waals surface area contributed by atoms with Crippen LogP contribution in [0.25, 0.3) is 0 Å². The number of carbonyl (C=O) groups excluding carboxylic acids is 1. The number of aryl methyl sites for hydroxylation is 1. The van der Waals surface area contributed by atoms with Crippen LogP contribution in [0.3, 0.4) is 0 Å². The SMILES string of the molecule is CC(C=O)C1CCc2cc(Cl)ccc21. The van der Waals surface area contributed by atoms with E-state index in [1.807, 2.05) is 19.1 Å². The number of carbonyl (C=O) groups is 1. The van der Waals surface area contributed by atoms with Crippen LogP contribution in [0.4, 0.5) is 0 Å². The van der Waals surface area contributed by atoms with E-state index < -0.39 is 0 Å². The number of aldehydes is 1. The minimum atomic E-state index is 0.123. The lowest BCUT2D eigenvalue weighted by Gasteiger charge is -2.14. The van der Waals surface area contributed by atoms with E-state index in [2.05, 4.69) is 6.07 Å². The molecule has 1 nitrogen and oxygen atoms in total. The highest BCUT2D eigenvalue weighted by atomic mass is 35.5. The third-order valence-electron chi connectivity index (χ3n) is 3.08. The lowest BCUT2D eigenvalue weighted by atomic mass is 9.90. The quantitative estimate of drug-likeness (QED) is 0.683. The van der Waals surface area contributed by atoms with Gasteiger partial charge >= 0.3 is 0 Å². The van der Waals surface area contributed by atoms with Crippen LogP contribution in [-0.4, -0.2) is 6.29 Å². The summed E-state index contributed by atoms with van der Waals surface area (Å²) < 4.78 is 0. The van der Waals surface area contributed by atoms with Gasteiger partial charge in [0.05, 0.1) is 0 Å². The van der Waals surface area contributed by atoms with Crippen LogP contribution in [0.2, 0.25) is 5.02 Å². The van der Waals surface area contributed by atoms with Gasteiger partial charge in [-0.05, 0) is 42.0 Å². The average Bonchev–Trinajstić information content (AvgIpc) is 2.59. The van der Waals surface area contributed by atoms with Crippen molar-refractivity contribution in [1.29, 1.82) is 0 Å². The van der Waals surface area contributed by atoms with Crippen LogP contribution in [0.5, 0.6) is 0 Å². The zero-order valence-electron chi connectivity index (χ0n) is 8.16. The Morgan fingerprint density at radius 3 is 3.07 bits per heavy atom. The van der Waals surface area contributed by atoms with Gasteiger partial charge in [0.15, 0.2) is 0 Å². The minimum Gasteiger partial charge on any atom is -0.303 e. The average molecular weight is 209 g/mol. The van der Waals surface area contributed by atoms with Gasteiger partial charge in [0.2, 0.25) is 0 Å². The summed E-state index contributed by atoms with van der Waals surface area (Å²) in [5.74, 6) is 0.525. The number of hydrogen-bond donors (Lipinski definition) is 0. The molecule has 0 saturated heterocycles. The second-order valence-electron chi connectivity index (χ2n) is 3.98. The van der Waals surface area contributed by atoms with E-state index in [9.17, 15) is 4.79 Å². The lowest BCUT2D eigenvalue weighted by Crippen LogP contribution is -2.07. The van der Waals surface area contributed by atoms with Gasteiger partial charge in [-0.15, -0.1) is 0 Å². The van der Waals surface area contributed by atoms with Gasteiger partial charge in [-0.25, -0.2) is 0 Å². The molecule has 2 heteroatoms. The predicted molar refractivity (Wildman–Crippen MR) is 57.7 cm³/mol. The summed E-state index contributed by atoms with van der Waals surface area (Å²) in [6.45, 7) is 1.99. The van der Waals surface area contributed by atoms with Gasteiger partial charge in [-0.3, -0.25) is 0 Å². The molecule has 0 bridgehead atoms. The molecular formula is C12H13ClO. The summed E-state index contributed by atoms with van der Waals surface area (Å²) in [6, 6.07) is 6.00. The van der Waals surface area contributed by atoms with Gasteiger partial charge < -0.3 is 4.79 Å². The smallest absolute Gasteiger partial charge is 0.123 e. The van der Waals surface area contributed by atoms with Crippen molar-refractivity contribution in [1.82, 2.24) is 0 Å². The zero-order valence-corrected chi connectivity index (χ0v) is 8.92. The number of rotatable bonds is 2. The van der Waals surface area contributed by atoms with Gasteiger partial charge in [-0.1, -0.05) is 24.6 Å². The fourth-order valence-corrected chi connectivity index (χ4v) is 2.45. The largest absolute Gasteiger partial charge is 0.303 e. The van der Waals surface area contributed by atoms with E-state index in [-0.39, 0.29) is 5.92 Å². The molecule has 0 saturated carbocycles. The van der Waals surface area contributed by atoms with E-state index in [1.165, 1.54) is 11.1 Å². The van der Waals surface area contributed by atoms with Crippen LogP contribution in [0.15, 0.2) is 18.2 Å². The van der Waals surface area contributed by atoms with Crippen molar-refractivity contribution in [2.75, 3.05) is 0 Å². The van der Waals surface area contributed by atoms with Gasteiger partial charge in [-0.2, -0.15) is 0 Å². The third kappa shape index (κ3) is 1.57. The molecule has 2 atom stereocenters. The summed E-state index contributed by atoms with van der Waals surface area (Å²) in [6.07, 6.45) is 3.18. The van der Waals surface area contributed by atoms with Crippen LogP contribution in [0, 0.1) is 5.92 Å². The molecule has 1 aromatic carbocycles. The number of hydrogen-bond acceptors (Lipinski definition) is 1.